The number of carbonyl (C=O) groups is 5. The molecule has 0 aliphatic carbocycles. The molecular weight excluding hydrogens is 592 g/mol. The summed E-state index contributed by atoms with van der Waals surface area (Å²) in [4.78, 5) is 62.4. The van der Waals surface area contributed by atoms with Crippen LogP contribution in [0.2, 0.25) is 0 Å². The molecule has 0 radical (unpaired) electrons. The Kier molecular flexibility index (Phi) is 14.6. The van der Waals surface area contributed by atoms with Crippen LogP contribution in [0.1, 0.15) is 42.9 Å². The van der Waals surface area contributed by atoms with Crippen LogP contribution in [0.3, 0.4) is 0 Å². The van der Waals surface area contributed by atoms with Crippen molar-refractivity contribution < 1.29 is 38.6 Å². The summed E-state index contributed by atoms with van der Waals surface area (Å²) < 4.78 is 10.3. The Hall–Kier alpha value is -5.39. The lowest BCUT2D eigenvalue weighted by atomic mass is 10.0. The highest BCUT2D eigenvalue weighted by Gasteiger charge is 2.28. The predicted octanol–water partition coefficient (Wildman–Crippen LogP) is 3.69. The van der Waals surface area contributed by atoms with Crippen molar-refractivity contribution in [2.24, 2.45) is 0 Å². The standard InChI is InChI=1S/C34H40N4O8/c1-24(36-34(44)46-23-27-17-9-4-10-18-27)30(39)38-29(21-25-13-5-2-6-14-25)31(40)37-28(32(41)42)19-11-12-20-35-33(43)45-22-26-15-7-3-8-16-26/h2-10,13-18,24,28-29H,11-12,19-23H2,1H3,(H,35,43)(H,36,44)(H,37,40)(H,38,39)(H,41,42)/t24-,28+,29+/m1/s1. The van der Waals surface area contributed by atoms with Gasteiger partial charge in [0.05, 0.1) is 0 Å². The van der Waals surface area contributed by atoms with Crippen LogP contribution in [-0.4, -0.2) is 59.7 Å². The number of carboxylic acids is 1. The van der Waals surface area contributed by atoms with Gasteiger partial charge in [-0.2, -0.15) is 0 Å². The number of ether oxygens (including phenoxy) is 2. The Morgan fingerprint density at radius 3 is 1.67 bits per heavy atom. The Bertz CT molecular complexity index is 1410. The molecule has 46 heavy (non-hydrogen) atoms. The van der Waals surface area contributed by atoms with E-state index in [1.165, 1.54) is 6.92 Å². The molecule has 4 amide bonds. The van der Waals surface area contributed by atoms with E-state index in [9.17, 15) is 29.1 Å². The van der Waals surface area contributed by atoms with Gasteiger partial charge in [0.15, 0.2) is 0 Å². The highest BCUT2D eigenvalue weighted by atomic mass is 16.6. The molecule has 0 fully saturated rings. The first-order valence-corrected chi connectivity index (χ1v) is 15.0. The van der Waals surface area contributed by atoms with E-state index in [0.717, 1.165) is 16.7 Å². The molecule has 3 atom stereocenters. The lowest BCUT2D eigenvalue weighted by Gasteiger charge is -2.23. The van der Waals surface area contributed by atoms with E-state index in [4.69, 9.17) is 9.47 Å². The van der Waals surface area contributed by atoms with Gasteiger partial charge < -0.3 is 35.8 Å². The molecule has 0 unspecified atom stereocenters. The summed E-state index contributed by atoms with van der Waals surface area (Å²) in [7, 11) is 0. The molecular formula is C34H40N4O8. The van der Waals surface area contributed by atoms with Crippen molar-refractivity contribution in [2.75, 3.05) is 6.54 Å². The molecule has 0 aliphatic heterocycles. The first kappa shape index (κ1) is 35.1. The van der Waals surface area contributed by atoms with Crippen LogP contribution < -0.4 is 21.3 Å². The summed E-state index contributed by atoms with van der Waals surface area (Å²) in [6, 6.07) is 23.8. The number of rotatable bonds is 17. The SMILES string of the molecule is C[C@@H](NC(=O)OCc1ccccc1)C(=O)N[C@@H](Cc1ccccc1)C(=O)N[C@@H](CCCCNC(=O)OCc1ccccc1)C(=O)O. The minimum Gasteiger partial charge on any atom is -0.480 e. The second-order valence-electron chi connectivity index (χ2n) is 10.6. The third-order valence-corrected chi connectivity index (χ3v) is 6.87. The van der Waals surface area contributed by atoms with Crippen molar-refractivity contribution in [2.45, 2.75) is 63.9 Å². The fourth-order valence-electron chi connectivity index (χ4n) is 4.33. The lowest BCUT2D eigenvalue weighted by molar-refractivity contribution is -0.142. The van der Waals surface area contributed by atoms with E-state index in [-0.39, 0.29) is 32.6 Å². The molecule has 3 rings (SSSR count). The van der Waals surface area contributed by atoms with E-state index in [2.05, 4.69) is 21.3 Å². The van der Waals surface area contributed by atoms with Crippen LogP contribution in [-0.2, 0) is 43.5 Å². The molecule has 5 N–H and O–H groups in total. The van der Waals surface area contributed by atoms with Gasteiger partial charge >= 0.3 is 18.2 Å². The van der Waals surface area contributed by atoms with Crippen LogP contribution in [0, 0.1) is 0 Å². The average molecular weight is 633 g/mol. The third kappa shape index (κ3) is 13.1. The number of carbonyl (C=O) groups excluding carboxylic acids is 4. The normalized spacial score (nSPS) is 12.5. The minimum absolute atomic E-state index is 0.0189. The highest BCUT2D eigenvalue weighted by Crippen LogP contribution is 2.08. The van der Waals surface area contributed by atoms with Gasteiger partial charge in [-0.3, -0.25) is 9.59 Å². The van der Waals surface area contributed by atoms with E-state index in [0.29, 0.717) is 12.8 Å². The van der Waals surface area contributed by atoms with Gasteiger partial charge in [-0.25, -0.2) is 14.4 Å². The van der Waals surface area contributed by atoms with Gasteiger partial charge in [0, 0.05) is 13.0 Å². The van der Waals surface area contributed by atoms with E-state index < -0.39 is 48.1 Å². The van der Waals surface area contributed by atoms with Gasteiger partial charge in [0.2, 0.25) is 11.8 Å². The maximum Gasteiger partial charge on any atom is 0.408 e. The summed E-state index contributed by atoms with van der Waals surface area (Å²) in [5.74, 6) is -2.57. The molecule has 0 spiro atoms. The minimum atomic E-state index is -1.23. The molecule has 12 nitrogen and oxygen atoms in total. The van der Waals surface area contributed by atoms with Crippen molar-refractivity contribution in [1.29, 1.82) is 0 Å². The number of amides is 4. The summed E-state index contributed by atoms with van der Waals surface area (Å²) in [5, 5.41) is 20.0. The highest BCUT2D eigenvalue weighted by molar-refractivity contribution is 5.92. The number of nitrogens with one attached hydrogen (secondary N) is 4. The van der Waals surface area contributed by atoms with Crippen molar-refractivity contribution in [3.8, 4) is 0 Å². The number of aliphatic carboxylic acids is 1. The van der Waals surface area contributed by atoms with Crippen LogP contribution >= 0.6 is 0 Å². The largest absolute Gasteiger partial charge is 0.480 e. The zero-order valence-electron chi connectivity index (χ0n) is 25.6. The molecule has 0 heterocycles. The zero-order chi connectivity index (χ0) is 33.1. The number of hydrogen-bond acceptors (Lipinski definition) is 7. The van der Waals surface area contributed by atoms with Gasteiger partial charge in [0.25, 0.3) is 0 Å². The van der Waals surface area contributed by atoms with Crippen molar-refractivity contribution >= 4 is 30.0 Å². The smallest absolute Gasteiger partial charge is 0.408 e. The molecule has 0 aromatic heterocycles. The van der Waals surface area contributed by atoms with Crippen LogP contribution in [0.5, 0.6) is 0 Å². The maximum absolute atomic E-state index is 13.3. The maximum atomic E-state index is 13.3. The summed E-state index contributed by atoms with van der Waals surface area (Å²) in [6.45, 7) is 1.86. The van der Waals surface area contributed by atoms with E-state index >= 15 is 0 Å². The predicted molar refractivity (Wildman–Crippen MR) is 169 cm³/mol. The Balaban J connectivity index is 1.49. The topological polar surface area (TPSA) is 172 Å². The summed E-state index contributed by atoms with van der Waals surface area (Å²) in [6.07, 6.45) is -0.365. The molecule has 0 saturated carbocycles. The molecule has 0 aliphatic rings. The zero-order valence-corrected chi connectivity index (χ0v) is 25.6. The quantitative estimate of drug-likeness (QED) is 0.140. The fraction of sp³-hybridized carbons (Fsp3) is 0.324. The van der Waals surface area contributed by atoms with Gasteiger partial charge in [-0.1, -0.05) is 91.0 Å². The molecule has 3 aromatic rings. The monoisotopic (exact) mass is 632 g/mol. The first-order chi connectivity index (χ1) is 22.2. The van der Waals surface area contributed by atoms with Crippen LogP contribution in [0.4, 0.5) is 9.59 Å². The van der Waals surface area contributed by atoms with E-state index in [1.807, 2.05) is 54.6 Å². The van der Waals surface area contributed by atoms with E-state index in [1.54, 1.807) is 36.4 Å². The Labute approximate surface area is 267 Å². The fourth-order valence-corrected chi connectivity index (χ4v) is 4.33. The van der Waals surface area contributed by atoms with Crippen LogP contribution in [0.25, 0.3) is 0 Å². The van der Waals surface area contributed by atoms with Crippen LogP contribution in [0.15, 0.2) is 91.0 Å². The number of benzene rings is 3. The molecule has 12 heteroatoms. The molecule has 0 saturated heterocycles. The van der Waals surface area contributed by atoms with Crippen molar-refractivity contribution in [3.05, 3.63) is 108 Å². The molecule has 244 valence electrons. The lowest BCUT2D eigenvalue weighted by Crippen LogP contribution is -2.55. The van der Waals surface area contributed by atoms with Crippen molar-refractivity contribution in [1.82, 2.24) is 21.3 Å². The number of hydrogen-bond donors (Lipinski definition) is 5. The number of unbranched alkanes of at least 4 members (excludes halogenated alkanes) is 1. The molecule has 3 aromatic carbocycles. The third-order valence-electron chi connectivity index (χ3n) is 6.87. The second-order valence-corrected chi connectivity index (χ2v) is 10.6. The Morgan fingerprint density at radius 2 is 1.13 bits per heavy atom. The van der Waals surface area contributed by atoms with Crippen molar-refractivity contribution in [3.63, 3.8) is 0 Å². The number of alkyl carbamates (subject to hydrolysis) is 2. The summed E-state index contributed by atoms with van der Waals surface area (Å²) >= 11 is 0. The van der Waals surface area contributed by atoms with Gasteiger partial charge in [-0.05, 0) is 42.9 Å². The first-order valence-electron chi connectivity index (χ1n) is 15.0. The Morgan fingerprint density at radius 1 is 0.630 bits per heavy atom. The number of carboxylic acid groups (broad SMARTS) is 1. The van der Waals surface area contributed by atoms with Gasteiger partial charge in [-0.15, -0.1) is 0 Å². The average Bonchev–Trinajstić information content (AvgIpc) is 3.06. The molecule has 0 bridgehead atoms. The van der Waals surface area contributed by atoms with Gasteiger partial charge in [0.1, 0.15) is 31.3 Å². The second kappa shape index (κ2) is 19.1. The summed E-state index contributed by atoms with van der Waals surface area (Å²) in [5.41, 5.74) is 2.37.